The van der Waals surface area contributed by atoms with Crippen molar-refractivity contribution < 1.29 is 19.1 Å². The predicted molar refractivity (Wildman–Crippen MR) is 107 cm³/mol. The van der Waals surface area contributed by atoms with Crippen LogP contribution in [0.2, 0.25) is 0 Å². The Bertz CT molecular complexity index is 979. The minimum absolute atomic E-state index is 0.186. The standard InChI is InChI=1S/C21H20N4O4/c1-2-28-18-9-4-3-8-17(18)21(27)24-13-19(26)25-15-6-5-7-16(12-15)29-20-14-22-10-11-23-20/h3-12,14H,2,13H2,1H3,(H,24,27)(H,25,26). The summed E-state index contributed by atoms with van der Waals surface area (Å²) in [6.45, 7) is 2.09. The first kappa shape index (κ1) is 19.8. The van der Waals surface area contributed by atoms with E-state index < -0.39 is 0 Å². The number of hydrogen-bond donors (Lipinski definition) is 2. The van der Waals surface area contributed by atoms with Gasteiger partial charge in [-0.05, 0) is 31.2 Å². The number of aromatic nitrogens is 2. The van der Waals surface area contributed by atoms with E-state index in [2.05, 4.69) is 20.6 Å². The van der Waals surface area contributed by atoms with Crippen molar-refractivity contribution in [3.05, 3.63) is 72.7 Å². The Labute approximate surface area is 167 Å². The van der Waals surface area contributed by atoms with Gasteiger partial charge in [-0.3, -0.25) is 14.6 Å². The number of anilines is 1. The smallest absolute Gasteiger partial charge is 0.255 e. The Hall–Kier alpha value is -3.94. The number of para-hydroxylation sites is 1. The average Bonchev–Trinajstić information content (AvgIpc) is 2.74. The Morgan fingerprint density at radius 2 is 1.93 bits per heavy atom. The summed E-state index contributed by atoms with van der Waals surface area (Å²) in [5, 5.41) is 5.31. The maximum atomic E-state index is 12.4. The highest BCUT2D eigenvalue weighted by Gasteiger charge is 2.13. The molecule has 2 aromatic carbocycles. The zero-order valence-electron chi connectivity index (χ0n) is 15.8. The first-order valence-corrected chi connectivity index (χ1v) is 8.99. The van der Waals surface area contributed by atoms with Crippen LogP contribution in [0.4, 0.5) is 5.69 Å². The van der Waals surface area contributed by atoms with Gasteiger partial charge in [0.25, 0.3) is 5.91 Å². The molecule has 2 N–H and O–H groups in total. The average molecular weight is 392 g/mol. The zero-order valence-corrected chi connectivity index (χ0v) is 15.8. The van der Waals surface area contributed by atoms with Crippen LogP contribution in [0.1, 0.15) is 17.3 Å². The summed E-state index contributed by atoms with van der Waals surface area (Å²) >= 11 is 0. The third-order valence-corrected chi connectivity index (χ3v) is 3.72. The molecule has 0 aliphatic carbocycles. The molecule has 1 aromatic heterocycles. The normalized spacial score (nSPS) is 10.1. The van der Waals surface area contributed by atoms with Crippen molar-refractivity contribution in [3.8, 4) is 17.4 Å². The number of ether oxygens (including phenoxy) is 2. The Kier molecular flexibility index (Phi) is 6.72. The summed E-state index contributed by atoms with van der Waals surface area (Å²) in [4.78, 5) is 32.5. The number of carbonyl (C=O) groups is 2. The third-order valence-electron chi connectivity index (χ3n) is 3.72. The van der Waals surface area contributed by atoms with Crippen LogP contribution in [0.25, 0.3) is 0 Å². The van der Waals surface area contributed by atoms with Gasteiger partial charge in [0.05, 0.1) is 24.9 Å². The highest BCUT2D eigenvalue weighted by atomic mass is 16.5. The minimum Gasteiger partial charge on any atom is -0.493 e. The molecular weight excluding hydrogens is 372 g/mol. The molecule has 0 radical (unpaired) electrons. The fourth-order valence-electron chi connectivity index (χ4n) is 2.49. The highest BCUT2D eigenvalue weighted by molar-refractivity contribution is 6.00. The number of nitrogens with one attached hydrogen (secondary N) is 2. The van der Waals surface area contributed by atoms with Gasteiger partial charge in [-0.15, -0.1) is 0 Å². The molecule has 8 nitrogen and oxygen atoms in total. The van der Waals surface area contributed by atoms with Gasteiger partial charge in [0.15, 0.2) is 0 Å². The second-order valence-corrected chi connectivity index (χ2v) is 5.83. The molecular formula is C21H20N4O4. The van der Waals surface area contributed by atoms with Crippen molar-refractivity contribution in [2.75, 3.05) is 18.5 Å². The Morgan fingerprint density at radius 1 is 1.07 bits per heavy atom. The molecule has 3 rings (SSSR count). The molecule has 0 bridgehead atoms. The lowest BCUT2D eigenvalue weighted by atomic mass is 10.2. The SMILES string of the molecule is CCOc1ccccc1C(=O)NCC(=O)Nc1cccc(Oc2cnccn2)c1. The first-order valence-electron chi connectivity index (χ1n) is 8.99. The van der Waals surface area contributed by atoms with Gasteiger partial charge in [0.2, 0.25) is 11.8 Å². The van der Waals surface area contributed by atoms with E-state index in [0.29, 0.717) is 35.2 Å². The third kappa shape index (κ3) is 5.77. The molecule has 0 aliphatic heterocycles. The molecule has 0 saturated carbocycles. The highest BCUT2D eigenvalue weighted by Crippen LogP contribution is 2.22. The van der Waals surface area contributed by atoms with E-state index in [-0.39, 0.29) is 18.4 Å². The van der Waals surface area contributed by atoms with Crippen LogP contribution in [0.5, 0.6) is 17.4 Å². The van der Waals surface area contributed by atoms with Crippen LogP contribution in [-0.2, 0) is 4.79 Å². The maximum Gasteiger partial charge on any atom is 0.255 e. The molecule has 148 valence electrons. The molecule has 3 aromatic rings. The van der Waals surface area contributed by atoms with E-state index in [1.165, 1.54) is 12.4 Å². The van der Waals surface area contributed by atoms with Crippen molar-refractivity contribution in [1.82, 2.24) is 15.3 Å². The number of carbonyl (C=O) groups excluding carboxylic acids is 2. The van der Waals surface area contributed by atoms with Crippen molar-refractivity contribution in [1.29, 1.82) is 0 Å². The largest absolute Gasteiger partial charge is 0.493 e. The molecule has 0 aliphatic rings. The molecule has 0 fully saturated rings. The Morgan fingerprint density at radius 3 is 2.72 bits per heavy atom. The number of rotatable bonds is 8. The quantitative estimate of drug-likeness (QED) is 0.611. The monoisotopic (exact) mass is 392 g/mol. The van der Waals surface area contributed by atoms with Crippen LogP contribution < -0.4 is 20.1 Å². The van der Waals surface area contributed by atoms with Crippen molar-refractivity contribution in [2.24, 2.45) is 0 Å². The molecule has 0 spiro atoms. The summed E-state index contributed by atoms with van der Waals surface area (Å²) < 4.78 is 11.0. The van der Waals surface area contributed by atoms with Gasteiger partial charge in [-0.2, -0.15) is 0 Å². The topological polar surface area (TPSA) is 102 Å². The molecule has 0 saturated heterocycles. The predicted octanol–water partition coefficient (Wildman–Crippen LogP) is 3.04. The summed E-state index contributed by atoms with van der Waals surface area (Å²) in [6, 6.07) is 13.7. The van der Waals surface area contributed by atoms with E-state index in [9.17, 15) is 9.59 Å². The van der Waals surface area contributed by atoms with Gasteiger partial charge >= 0.3 is 0 Å². The van der Waals surface area contributed by atoms with E-state index in [1.54, 1.807) is 54.7 Å². The lowest BCUT2D eigenvalue weighted by Gasteiger charge is -2.11. The number of hydrogen-bond acceptors (Lipinski definition) is 6. The summed E-state index contributed by atoms with van der Waals surface area (Å²) in [5.41, 5.74) is 0.905. The van der Waals surface area contributed by atoms with Gasteiger partial charge in [0, 0.05) is 24.1 Å². The lowest BCUT2D eigenvalue weighted by Crippen LogP contribution is -2.33. The van der Waals surface area contributed by atoms with E-state index >= 15 is 0 Å². The van der Waals surface area contributed by atoms with Gasteiger partial charge in [-0.25, -0.2) is 4.98 Å². The van der Waals surface area contributed by atoms with Gasteiger partial charge in [-0.1, -0.05) is 18.2 Å². The van der Waals surface area contributed by atoms with Crippen LogP contribution in [0.3, 0.4) is 0 Å². The van der Waals surface area contributed by atoms with Gasteiger partial charge < -0.3 is 20.1 Å². The summed E-state index contributed by atoms with van der Waals surface area (Å²) in [7, 11) is 0. The fourth-order valence-corrected chi connectivity index (χ4v) is 2.49. The van der Waals surface area contributed by atoms with Crippen LogP contribution in [0.15, 0.2) is 67.1 Å². The lowest BCUT2D eigenvalue weighted by molar-refractivity contribution is -0.115. The van der Waals surface area contributed by atoms with Gasteiger partial charge in [0.1, 0.15) is 11.5 Å². The second kappa shape index (κ2) is 9.84. The summed E-state index contributed by atoms with van der Waals surface area (Å²) in [5.74, 6) is 0.559. The molecule has 1 heterocycles. The number of benzene rings is 2. The molecule has 8 heteroatoms. The zero-order chi connectivity index (χ0) is 20.5. The minimum atomic E-state index is -0.385. The molecule has 29 heavy (non-hydrogen) atoms. The molecule has 0 unspecified atom stereocenters. The van der Waals surface area contributed by atoms with E-state index in [4.69, 9.17) is 9.47 Å². The number of nitrogens with zero attached hydrogens (tertiary/aromatic N) is 2. The van der Waals surface area contributed by atoms with Crippen molar-refractivity contribution >= 4 is 17.5 Å². The van der Waals surface area contributed by atoms with E-state index in [1.807, 2.05) is 6.92 Å². The van der Waals surface area contributed by atoms with Crippen molar-refractivity contribution in [2.45, 2.75) is 6.92 Å². The molecule has 0 atom stereocenters. The number of amides is 2. The van der Waals surface area contributed by atoms with Crippen molar-refractivity contribution in [3.63, 3.8) is 0 Å². The molecule has 2 amide bonds. The van der Waals surface area contributed by atoms with E-state index in [0.717, 1.165) is 0 Å². The fraction of sp³-hybridized carbons (Fsp3) is 0.143. The first-order chi connectivity index (χ1) is 14.2. The Balaban J connectivity index is 1.56. The van der Waals surface area contributed by atoms with Crippen LogP contribution >= 0.6 is 0 Å². The maximum absolute atomic E-state index is 12.4. The van der Waals surface area contributed by atoms with Crippen LogP contribution in [-0.4, -0.2) is 34.9 Å². The summed E-state index contributed by atoms with van der Waals surface area (Å²) in [6.07, 6.45) is 4.55. The second-order valence-electron chi connectivity index (χ2n) is 5.83. The van der Waals surface area contributed by atoms with Crippen LogP contribution in [0, 0.1) is 0 Å².